The van der Waals surface area contributed by atoms with Crippen molar-refractivity contribution in [2.75, 3.05) is 0 Å². The minimum Gasteiger partial charge on any atom is -0.349 e. The molecule has 1 aromatic carbocycles. The van der Waals surface area contributed by atoms with Crippen LogP contribution in [0.4, 0.5) is 0 Å². The monoisotopic (exact) mass is 386 g/mol. The van der Waals surface area contributed by atoms with Crippen molar-refractivity contribution in [3.8, 4) is 0 Å². The number of aromatic nitrogens is 2. The number of halogens is 2. The SMILES string of the molecule is CC(N)CCC(=O)NCc1nccn1CCCc1ccccc1.Cl.Cl. The number of rotatable bonds is 9. The zero-order chi connectivity index (χ0) is 16.5. The molecule has 0 saturated carbocycles. The van der Waals surface area contributed by atoms with E-state index in [-0.39, 0.29) is 36.8 Å². The molecule has 0 bridgehead atoms. The van der Waals surface area contributed by atoms with Crippen LogP contribution in [0.15, 0.2) is 42.7 Å². The van der Waals surface area contributed by atoms with Crippen LogP contribution in [0.2, 0.25) is 0 Å². The highest BCUT2D eigenvalue weighted by molar-refractivity contribution is 5.85. The van der Waals surface area contributed by atoms with Gasteiger partial charge in [-0.25, -0.2) is 4.98 Å². The van der Waals surface area contributed by atoms with Crippen LogP contribution in [0.1, 0.15) is 37.6 Å². The van der Waals surface area contributed by atoms with E-state index >= 15 is 0 Å². The third-order valence-electron chi connectivity index (χ3n) is 3.78. The van der Waals surface area contributed by atoms with E-state index in [0.717, 1.165) is 25.2 Å². The lowest BCUT2D eigenvalue weighted by molar-refractivity contribution is -0.121. The summed E-state index contributed by atoms with van der Waals surface area (Å²) in [5.74, 6) is 0.924. The predicted octanol–water partition coefficient (Wildman–Crippen LogP) is 3.10. The second kappa shape index (κ2) is 12.8. The number of nitrogens with one attached hydrogen (secondary N) is 1. The number of aryl methyl sites for hydroxylation is 2. The molecule has 0 radical (unpaired) electrons. The zero-order valence-corrected chi connectivity index (χ0v) is 16.2. The van der Waals surface area contributed by atoms with E-state index in [1.54, 1.807) is 6.20 Å². The molecule has 0 aliphatic rings. The number of carbonyl (C=O) groups is 1. The van der Waals surface area contributed by atoms with Crippen molar-refractivity contribution in [2.24, 2.45) is 5.73 Å². The van der Waals surface area contributed by atoms with Gasteiger partial charge in [0, 0.05) is 31.4 Å². The van der Waals surface area contributed by atoms with Crippen LogP contribution in [0.3, 0.4) is 0 Å². The van der Waals surface area contributed by atoms with Crippen molar-refractivity contribution in [2.45, 2.75) is 51.7 Å². The summed E-state index contributed by atoms with van der Waals surface area (Å²) in [6.45, 7) is 3.28. The van der Waals surface area contributed by atoms with Crippen LogP contribution in [-0.2, 0) is 24.3 Å². The van der Waals surface area contributed by atoms with Gasteiger partial charge in [-0.05, 0) is 31.7 Å². The van der Waals surface area contributed by atoms with Gasteiger partial charge >= 0.3 is 0 Å². The Morgan fingerprint density at radius 2 is 2.00 bits per heavy atom. The van der Waals surface area contributed by atoms with Crippen LogP contribution in [-0.4, -0.2) is 21.5 Å². The Morgan fingerprint density at radius 1 is 1.28 bits per heavy atom. The van der Waals surface area contributed by atoms with Gasteiger partial charge in [-0.1, -0.05) is 30.3 Å². The number of hydrogen-bond donors (Lipinski definition) is 2. The van der Waals surface area contributed by atoms with Crippen LogP contribution >= 0.6 is 24.8 Å². The van der Waals surface area contributed by atoms with Crippen molar-refractivity contribution in [1.82, 2.24) is 14.9 Å². The van der Waals surface area contributed by atoms with Gasteiger partial charge in [0.25, 0.3) is 0 Å². The second-order valence-electron chi connectivity index (χ2n) is 5.92. The van der Waals surface area contributed by atoms with Crippen LogP contribution in [0.5, 0.6) is 0 Å². The summed E-state index contributed by atoms with van der Waals surface area (Å²) in [4.78, 5) is 16.1. The first-order valence-electron chi connectivity index (χ1n) is 8.21. The molecule has 3 N–H and O–H groups in total. The van der Waals surface area contributed by atoms with Gasteiger partial charge in [-0.2, -0.15) is 0 Å². The van der Waals surface area contributed by atoms with E-state index in [1.165, 1.54) is 5.56 Å². The summed E-state index contributed by atoms with van der Waals surface area (Å²) in [6.07, 6.45) is 7.01. The molecule has 2 aromatic rings. The van der Waals surface area contributed by atoms with Gasteiger partial charge in [-0.15, -0.1) is 24.8 Å². The molecule has 25 heavy (non-hydrogen) atoms. The summed E-state index contributed by atoms with van der Waals surface area (Å²) in [6, 6.07) is 10.5. The lowest BCUT2D eigenvalue weighted by Gasteiger charge is -2.10. The number of amides is 1. The number of benzene rings is 1. The number of nitrogens with zero attached hydrogens (tertiary/aromatic N) is 2. The third-order valence-corrected chi connectivity index (χ3v) is 3.78. The van der Waals surface area contributed by atoms with E-state index < -0.39 is 0 Å². The van der Waals surface area contributed by atoms with Gasteiger partial charge in [-0.3, -0.25) is 4.79 Å². The van der Waals surface area contributed by atoms with Gasteiger partial charge in [0.2, 0.25) is 5.91 Å². The summed E-state index contributed by atoms with van der Waals surface area (Å²) >= 11 is 0. The fraction of sp³-hybridized carbons (Fsp3) is 0.444. The molecule has 1 heterocycles. The topological polar surface area (TPSA) is 72.9 Å². The summed E-state index contributed by atoms with van der Waals surface area (Å²) in [5.41, 5.74) is 7.01. The number of imidazole rings is 1. The van der Waals surface area contributed by atoms with Gasteiger partial charge in [0.15, 0.2) is 0 Å². The fourth-order valence-corrected chi connectivity index (χ4v) is 2.43. The minimum absolute atomic E-state index is 0. The highest BCUT2D eigenvalue weighted by Crippen LogP contribution is 2.06. The smallest absolute Gasteiger partial charge is 0.220 e. The molecule has 5 nitrogen and oxygen atoms in total. The van der Waals surface area contributed by atoms with Gasteiger partial charge < -0.3 is 15.6 Å². The first-order valence-corrected chi connectivity index (χ1v) is 8.21. The Balaban J connectivity index is 0.00000288. The van der Waals surface area contributed by atoms with Crippen LogP contribution in [0, 0.1) is 0 Å². The Bertz CT molecular complexity index is 602. The average molecular weight is 387 g/mol. The molecule has 140 valence electrons. The van der Waals surface area contributed by atoms with E-state index in [2.05, 4.69) is 39.1 Å². The predicted molar refractivity (Wildman–Crippen MR) is 106 cm³/mol. The molecule has 1 amide bonds. The zero-order valence-electron chi connectivity index (χ0n) is 14.6. The maximum atomic E-state index is 11.7. The average Bonchev–Trinajstić information content (AvgIpc) is 2.99. The Morgan fingerprint density at radius 3 is 2.68 bits per heavy atom. The minimum atomic E-state index is 0. The molecule has 7 heteroatoms. The van der Waals surface area contributed by atoms with Crippen molar-refractivity contribution < 1.29 is 4.79 Å². The molecule has 1 aromatic heterocycles. The maximum Gasteiger partial charge on any atom is 0.220 e. The quantitative estimate of drug-likeness (QED) is 0.695. The first-order chi connectivity index (χ1) is 11.1. The molecule has 1 unspecified atom stereocenters. The highest BCUT2D eigenvalue weighted by atomic mass is 35.5. The van der Waals surface area contributed by atoms with E-state index in [4.69, 9.17) is 5.73 Å². The second-order valence-corrected chi connectivity index (χ2v) is 5.92. The van der Waals surface area contributed by atoms with Crippen molar-refractivity contribution >= 4 is 30.7 Å². The Hall–Kier alpha value is -1.56. The molecule has 1 atom stereocenters. The lowest BCUT2D eigenvalue weighted by Crippen LogP contribution is -2.26. The number of nitrogens with two attached hydrogens (primary N) is 1. The molecule has 0 spiro atoms. The van der Waals surface area contributed by atoms with E-state index in [0.29, 0.717) is 19.4 Å². The first kappa shape index (κ1) is 23.4. The Kier molecular flexibility index (Phi) is 12.0. The van der Waals surface area contributed by atoms with E-state index in [1.807, 2.05) is 19.2 Å². The van der Waals surface area contributed by atoms with Gasteiger partial charge in [0.05, 0.1) is 6.54 Å². The summed E-state index contributed by atoms with van der Waals surface area (Å²) in [7, 11) is 0. The normalized spacial score (nSPS) is 11.1. The number of hydrogen-bond acceptors (Lipinski definition) is 3. The summed E-state index contributed by atoms with van der Waals surface area (Å²) < 4.78 is 2.11. The molecular formula is C18H28Cl2N4O. The fourth-order valence-electron chi connectivity index (χ4n) is 2.43. The largest absolute Gasteiger partial charge is 0.349 e. The standard InChI is InChI=1S/C18H26N4O.2ClH/c1-15(19)9-10-18(23)21-14-17-20-11-13-22(17)12-5-8-16-6-3-2-4-7-16;;/h2-4,6-7,11,13,15H,5,8-10,12,14,19H2,1H3,(H,21,23);2*1H. The van der Waals surface area contributed by atoms with Crippen molar-refractivity contribution in [3.63, 3.8) is 0 Å². The third kappa shape index (κ3) is 8.91. The molecule has 0 saturated heterocycles. The summed E-state index contributed by atoms with van der Waals surface area (Å²) in [5, 5.41) is 2.91. The van der Waals surface area contributed by atoms with Gasteiger partial charge in [0.1, 0.15) is 5.82 Å². The highest BCUT2D eigenvalue weighted by Gasteiger charge is 2.07. The molecule has 2 rings (SSSR count). The van der Waals surface area contributed by atoms with Crippen molar-refractivity contribution in [1.29, 1.82) is 0 Å². The Labute approximate surface area is 162 Å². The maximum absolute atomic E-state index is 11.7. The molecule has 0 aliphatic heterocycles. The lowest BCUT2D eigenvalue weighted by atomic mass is 10.1. The van der Waals surface area contributed by atoms with Crippen LogP contribution < -0.4 is 11.1 Å². The molecule has 0 fully saturated rings. The number of carbonyl (C=O) groups excluding carboxylic acids is 1. The van der Waals surface area contributed by atoms with Crippen molar-refractivity contribution in [3.05, 3.63) is 54.1 Å². The molecule has 0 aliphatic carbocycles. The molecular weight excluding hydrogens is 359 g/mol. The van der Waals surface area contributed by atoms with Crippen LogP contribution in [0.25, 0.3) is 0 Å². The van der Waals surface area contributed by atoms with E-state index in [9.17, 15) is 4.79 Å².